The first-order valence-corrected chi connectivity index (χ1v) is 11.3. The Morgan fingerprint density at radius 1 is 1.03 bits per heavy atom. The number of rotatable bonds is 6. The summed E-state index contributed by atoms with van der Waals surface area (Å²) in [6, 6.07) is 23.7. The van der Waals surface area contributed by atoms with Gasteiger partial charge in [0.15, 0.2) is 0 Å². The van der Waals surface area contributed by atoms with Crippen molar-refractivity contribution < 1.29 is 4.42 Å². The maximum absolute atomic E-state index is 9.21. The normalized spacial score (nSPS) is 15.8. The fourth-order valence-corrected chi connectivity index (χ4v) is 4.47. The van der Waals surface area contributed by atoms with Gasteiger partial charge in [-0.2, -0.15) is 5.26 Å². The molecule has 1 aromatic heterocycles. The molecule has 2 N–H and O–H groups in total. The average molecular weight is 422 g/mol. The highest BCUT2D eigenvalue weighted by atomic mass is 16.3. The smallest absolute Gasteiger partial charge is 0.134 e. The minimum atomic E-state index is 0.509. The van der Waals surface area contributed by atoms with Crippen molar-refractivity contribution in [2.75, 3.05) is 13.1 Å². The van der Waals surface area contributed by atoms with Gasteiger partial charge in [0.25, 0.3) is 0 Å². The van der Waals surface area contributed by atoms with E-state index in [1.54, 1.807) is 0 Å². The fourth-order valence-electron chi connectivity index (χ4n) is 4.47. The first-order valence-electron chi connectivity index (χ1n) is 11.3. The Labute approximate surface area is 188 Å². The summed E-state index contributed by atoms with van der Waals surface area (Å²) in [7, 11) is 0. The monoisotopic (exact) mass is 421 g/mol. The van der Waals surface area contributed by atoms with E-state index in [1.165, 1.54) is 11.1 Å². The van der Waals surface area contributed by atoms with Crippen molar-refractivity contribution in [3.05, 3.63) is 83.6 Å². The van der Waals surface area contributed by atoms with E-state index in [9.17, 15) is 5.26 Å². The molecule has 4 aromatic rings. The number of furan rings is 1. The summed E-state index contributed by atoms with van der Waals surface area (Å²) in [4.78, 5) is 0. The molecule has 1 aliphatic rings. The third-order valence-electron chi connectivity index (χ3n) is 6.43. The number of nitrogens with one attached hydrogen (secondary N) is 2. The van der Waals surface area contributed by atoms with Gasteiger partial charge in [-0.25, -0.2) is 0 Å². The number of aryl methyl sites for hydroxylation is 1. The van der Waals surface area contributed by atoms with Gasteiger partial charge in [-0.1, -0.05) is 43.3 Å². The van der Waals surface area contributed by atoms with Crippen molar-refractivity contribution in [3.8, 4) is 28.3 Å². The zero-order valence-electron chi connectivity index (χ0n) is 18.3. The Balaban J connectivity index is 1.59. The fraction of sp³-hybridized carbons (Fsp3) is 0.250. The number of benzene rings is 3. The predicted molar refractivity (Wildman–Crippen MR) is 129 cm³/mol. The third kappa shape index (κ3) is 4.05. The molecule has 2 heterocycles. The number of hydrogen-bond donors (Lipinski definition) is 2. The lowest BCUT2D eigenvalue weighted by Gasteiger charge is -2.13. The molecule has 1 fully saturated rings. The van der Waals surface area contributed by atoms with Crippen molar-refractivity contribution in [1.82, 2.24) is 10.6 Å². The van der Waals surface area contributed by atoms with E-state index in [0.29, 0.717) is 11.6 Å². The maximum Gasteiger partial charge on any atom is 0.134 e. The molecule has 0 saturated carbocycles. The van der Waals surface area contributed by atoms with Gasteiger partial charge >= 0.3 is 0 Å². The molecule has 4 nitrogen and oxygen atoms in total. The van der Waals surface area contributed by atoms with Crippen LogP contribution >= 0.6 is 0 Å². The average Bonchev–Trinajstić information content (AvgIpc) is 3.51. The number of nitriles is 1. The minimum Gasteiger partial charge on any atom is -0.464 e. The van der Waals surface area contributed by atoms with Crippen molar-refractivity contribution in [3.63, 3.8) is 0 Å². The van der Waals surface area contributed by atoms with Crippen LogP contribution < -0.4 is 10.6 Å². The predicted octanol–water partition coefficient (Wildman–Crippen LogP) is 5.65. The van der Waals surface area contributed by atoms with E-state index in [-0.39, 0.29) is 0 Å². The van der Waals surface area contributed by atoms with E-state index in [0.717, 1.165) is 65.7 Å². The highest BCUT2D eigenvalue weighted by Crippen LogP contribution is 2.37. The minimum absolute atomic E-state index is 0.509. The summed E-state index contributed by atoms with van der Waals surface area (Å²) in [6.45, 7) is 5.05. The van der Waals surface area contributed by atoms with Crippen LogP contribution in [0, 0.1) is 11.3 Å². The van der Waals surface area contributed by atoms with Gasteiger partial charge in [0.05, 0.1) is 17.9 Å². The molecule has 0 aliphatic carbocycles. The van der Waals surface area contributed by atoms with Crippen molar-refractivity contribution >= 4 is 11.0 Å². The Hall–Kier alpha value is -3.39. The van der Waals surface area contributed by atoms with Gasteiger partial charge < -0.3 is 15.1 Å². The Bertz CT molecular complexity index is 1260. The molecule has 32 heavy (non-hydrogen) atoms. The summed E-state index contributed by atoms with van der Waals surface area (Å²) in [5, 5.41) is 17.4. The molecule has 4 heteroatoms. The topological polar surface area (TPSA) is 61.0 Å². The zero-order chi connectivity index (χ0) is 21.9. The number of hydrogen-bond acceptors (Lipinski definition) is 4. The summed E-state index contributed by atoms with van der Waals surface area (Å²) >= 11 is 0. The summed E-state index contributed by atoms with van der Waals surface area (Å²) in [5.41, 5.74) is 8.62. The summed E-state index contributed by atoms with van der Waals surface area (Å²) in [6.07, 6.45) is 4.06. The van der Waals surface area contributed by atoms with Crippen LogP contribution in [-0.2, 0) is 13.0 Å². The van der Waals surface area contributed by atoms with E-state index in [2.05, 4.69) is 60.0 Å². The highest BCUT2D eigenvalue weighted by Gasteiger charge is 2.17. The quantitative estimate of drug-likeness (QED) is 0.422. The second-order valence-electron chi connectivity index (χ2n) is 8.47. The maximum atomic E-state index is 9.21. The molecule has 1 unspecified atom stereocenters. The lowest BCUT2D eigenvalue weighted by Crippen LogP contribution is -2.30. The van der Waals surface area contributed by atoms with E-state index < -0.39 is 0 Å². The van der Waals surface area contributed by atoms with Gasteiger partial charge in [0, 0.05) is 30.1 Å². The zero-order valence-corrected chi connectivity index (χ0v) is 18.3. The second-order valence-corrected chi connectivity index (χ2v) is 8.47. The van der Waals surface area contributed by atoms with Crippen LogP contribution in [0.3, 0.4) is 0 Å². The largest absolute Gasteiger partial charge is 0.464 e. The molecule has 0 amide bonds. The SMILES string of the molecule is CCc1ccc(-c2cc3occ(CNC4CCNC4)c3cc2-c2ccc(C#N)cc2)cc1. The van der Waals surface area contributed by atoms with Gasteiger partial charge in [0.2, 0.25) is 0 Å². The lowest BCUT2D eigenvalue weighted by molar-refractivity contribution is 0.541. The van der Waals surface area contributed by atoms with Gasteiger partial charge in [-0.05, 0) is 71.5 Å². The van der Waals surface area contributed by atoms with Crippen molar-refractivity contribution in [2.45, 2.75) is 32.4 Å². The van der Waals surface area contributed by atoms with E-state index >= 15 is 0 Å². The Morgan fingerprint density at radius 2 is 1.75 bits per heavy atom. The summed E-state index contributed by atoms with van der Waals surface area (Å²) in [5.74, 6) is 0. The molecular formula is C28H27N3O. The van der Waals surface area contributed by atoms with E-state index in [1.807, 2.05) is 30.5 Å². The number of fused-ring (bicyclic) bond motifs is 1. The molecule has 3 aromatic carbocycles. The molecule has 0 radical (unpaired) electrons. The van der Waals surface area contributed by atoms with Crippen LogP contribution in [0.1, 0.15) is 30.0 Å². The molecule has 1 saturated heterocycles. The summed E-state index contributed by atoms with van der Waals surface area (Å²) < 4.78 is 6.00. The van der Waals surface area contributed by atoms with Crippen molar-refractivity contribution in [1.29, 1.82) is 5.26 Å². The van der Waals surface area contributed by atoms with Crippen LogP contribution in [0.25, 0.3) is 33.2 Å². The third-order valence-corrected chi connectivity index (χ3v) is 6.43. The molecule has 160 valence electrons. The molecule has 1 atom stereocenters. The van der Waals surface area contributed by atoms with Gasteiger partial charge in [0.1, 0.15) is 5.58 Å². The van der Waals surface area contributed by atoms with Crippen LogP contribution in [-0.4, -0.2) is 19.1 Å². The molecule has 5 rings (SSSR count). The molecular weight excluding hydrogens is 394 g/mol. The van der Waals surface area contributed by atoms with Gasteiger partial charge in [-0.15, -0.1) is 0 Å². The van der Waals surface area contributed by atoms with Crippen LogP contribution in [0.2, 0.25) is 0 Å². The standard InChI is InChI=1S/C28H27N3O/c1-2-19-3-7-22(8-4-19)26-14-28-27(13-25(26)21-9-5-20(15-29)6-10-21)23(18-32-28)16-31-24-11-12-30-17-24/h3-10,13-14,18,24,30-31H,2,11-12,16-17H2,1H3. The molecule has 1 aliphatic heterocycles. The molecule has 0 spiro atoms. The Kier molecular flexibility index (Phi) is 5.77. The van der Waals surface area contributed by atoms with Crippen molar-refractivity contribution in [2.24, 2.45) is 0 Å². The van der Waals surface area contributed by atoms with E-state index in [4.69, 9.17) is 4.42 Å². The van der Waals surface area contributed by atoms with Gasteiger partial charge in [-0.3, -0.25) is 0 Å². The Morgan fingerprint density at radius 3 is 2.41 bits per heavy atom. The first kappa shape index (κ1) is 20.5. The molecule has 0 bridgehead atoms. The second kappa shape index (κ2) is 9.00. The lowest BCUT2D eigenvalue weighted by atomic mass is 9.91. The van der Waals surface area contributed by atoms with Crippen LogP contribution in [0.15, 0.2) is 71.3 Å². The first-order chi connectivity index (χ1) is 15.7. The van der Waals surface area contributed by atoms with Crippen LogP contribution in [0.5, 0.6) is 0 Å². The van der Waals surface area contributed by atoms with Crippen LogP contribution in [0.4, 0.5) is 0 Å². The highest BCUT2D eigenvalue weighted by molar-refractivity contribution is 5.95. The number of nitrogens with zero attached hydrogens (tertiary/aromatic N) is 1.